The highest BCUT2D eigenvalue weighted by Gasteiger charge is 2.26. The highest BCUT2D eigenvalue weighted by molar-refractivity contribution is 6.33. The summed E-state index contributed by atoms with van der Waals surface area (Å²) in [6.45, 7) is 0. The van der Waals surface area contributed by atoms with Crippen molar-refractivity contribution in [2.45, 2.75) is 31.3 Å². The number of carbonyl (C=O) groups excluding carboxylic acids is 2. The molecule has 124 valence electrons. The van der Waals surface area contributed by atoms with Crippen LogP contribution in [0, 0.1) is 0 Å². The fourth-order valence-electron chi connectivity index (χ4n) is 2.52. The SMILES string of the molecule is O=C(CC(NC(=O)c1ccccc1Cl)c1ccccc1)NC1CC1. The molecule has 1 fully saturated rings. The Balaban J connectivity index is 1.75. The van der Waals surface area contributed by atoms with Gasteiger partial charge in [-0.2, -0.15) is 0 Å². The molecule has 0 aliphatic heterocycles. The Labute approximate surface area is 146 Å². The molecular weight excluding hydrogens is 324 g/mol. The molecule has 2 aromatic carbocycles. The van der Waals surface area contributed by atoms with Crippen molar-refractivity contribution in [2.24, 2.45) is 0 Å². The number of hydrogen-bond donors (Lipinski definition) is 2. The van der Waals surface area contributed by atoms with Crippen molar-refractivity contribution in [2.75, 3.05) is 0 Å². The van der Waals surface area contributed by atoms with Gasteiger partial charge >= 0.3 is 0 Å². The van der Waals surface area contributed by atoms with Crippen LogP contribution in [0.15, 0.2) is 54.6 Å². The van der Waals surface area contributed by atoms with Crippen molar-refractivity contribution in [3.63, 3.8) is 0 Å². The molecule has 2 N–H and O–H groups in total. The lowest BCUT2D eigenvalue weighted by molar-refractivity contribution is -0.121. The molecule has 0 bridgehead atoms. The van der Waals surface area contributed by atoms with E-state index in [-0.39, 0.29) is 18.2 Å². The second kappa shape index (κ2) is 7.49. The third-order valence-corrected chi connectivity index (χ3v) is 4.29. The maximum absolute atomic E-state index is 12.5. The number of carbonyl (C=O) groups is 2. The van der Waals surface area contributed by atoms with Crippen LogP contribution in [0.1, 0.15) is 41.2 Å². The minimum atomic E-state index is -0.395. The van der Waals surface area contributed by atoms with E-state index < -0.39 is 6.04 Å². The van der Waals surface area contributed by atoms with E-state index in [1.54, 1.807) is 24.3 Å². The van der Waals surface area contributed by atoms with Gasteiger partial charge in [0.25, 0.3) is 5.91 Å². The van der Waals surface area contributed by atoms with E-state index in [0.29, 0.717) is 16.6 Å². The highest BCUT2D eigenvalue weighted by atomic mass is 35.5. The van der Waals surface area contributed by atoms with Crippen LogP contribution in [0.2, 0.25) is 5.02 Å². The van der Waals surface area contributed by atoms with Crippen LogP contribution in [0.3, 0.4) is 0 Å². The third kappa shape index (κ3) is 4.36. The van der Waals surface area contributed by atoms with Crippen molar-refractivity contribution in [3.05, 3.63) is 70.7 Å². The molecular formula is C19H19ClN2O2. The Hall–Kier alpha value is -2.33. The van der Waals surface area contributed by atoms with E-state index in [0.717, 1.165) is 18.4 Å². The summed E-state index contributed by atoms with van der Waals surface area (Å²) in [4.78, 5) is 24.7. The van der Waals surface area contributed by atoms with E-state index >= 15 is 0 Å². The molecule has 5 heteroatoms. The predicted octanol–water partition coefficient (Wildman–Crippen LogP) is 3.48. The van der Waals surface area contributed by atoms with Crippen LogP contribution < -0.4 is 10.6 Å². The lowest BCUT2D eigenvalue weighted by atomic mass is 10.0. The molecule has 0 radical (unpaired) electrons. The van der Waals surface area contributed by atoms with Gasteiger partial charge in [0.15, 0.2) is 0 Å². The summed E-state index contributed by atoms with van der Waals surface area (Å²) >= 11 is 6.09. The van der Waals surface area contributed by atoms with Crippen LogP contribution in [-0.2, 0) is 4.79 Å². The second-order valence-corrected chi connectivity index (χ2v) is 6.37. The maximum Gasteiger partial charge on any atom is 0.253 e. The smallest absolute Gasteiger partial charge is 0.253 e. The monoisotopic (exact) mass is 342 g/mol. The van der Waals surface area contributed by atoms with Gasteiger partial charge in [-0.05, 0) is 30.5 Å². The minimum Gasteiger partial charge on any atom is -0.353 e. The molecule has 2 amide bonds. The Bertz CT molecular complexity index is 729. The summed E-state index contributed by atoms with van der Waals surface area (Å²) in [5.74, 6) is -0.334. The summed E-state index contributed by atoms with van der Waals surface area (Å²) < 4.78 is 0. The fourth-order valence-corrected chi connectivity index (χ4v) is 2.74. The van der Waals surface area contributed by atoms with Crippen LogP contribution in [0.4, 0.5) is 0 Å². The highest BCUT2D eigenvalue weighted by Crippen LogP contribution is 2.22. The topological polar surface area (TPSA) is 58.2 Å². The lowest BCUT2D eigenvalue weighted by Crippen LogP contribution is -2.34. The molecule has 0 heterocycles. The lowest BCUT2D eigenvalue weighted by Gasteiger charge is -2.19. The molecule has 1 saturated carbocycles. The average molecular weight is 343 g/mol. The van der Waals surface area contributed by atoms with Gasteiger partial charge in [0.2, 0.25) is 5.91 Å². The maximum atomic E-state index is 12.5. The first-order valence-corrected chi connectivity index (χ1v) is 8.41. The zero-order valence-corrected chi connectivity index (χ0v) is 13.9. The molecule has 1 atom stereocenters. The van der Waals surface area contributed by atoms with Gasteiger partial charge in [-0.15, -0.1) is 0 Å². The number of rotatable bonds is 6. The Morgan fingerprint density at radius 3 is 2.38 bits per heavy atom. The van der Waals surface area contributed by atoms with E-state index in [4.69, 9.17) is 11.6 Å². The van der Waals surface area contributed by atoms with Crippen molar-refractivity contribution in [1.29, 1.82) is 0 Å². The van der Waals surface area contributed by atoms with Gasteiger partial charge in [0.05, 0.1) is 23.0 Å². The van der Waals surface area contributed by atoms with Gasteiger partial charge in [0.1, 0.15) is 0 Å². The summed E-state index contributed by atoms with van der Waals surface area (Å²) in [5, 5.41) is 6.29. The average Bonchev–Trinajstić information content (AvgIpc) is 3.39. The number of benzene rings is 2. The van der Waals surface area contributed by atoms with E-state index in [2.05, 4.69) is 10.6 Å². The summed E-state index contributed by atoms with van der Waals surface area (Å²) in [6.07, 6.45) is 2.28. The zero-order valence-electron chi connectivity index (χ0n) is 13.2. The summed E-state index contributed by atoms with van der Waals surface area (Å²) in [6, 6.07) is 16.3. The first-order valence-electron chi connectivity index (χ1n) is 8.03. The molecule has 4 nitrogen and oxygen atoms in total. The largest absolute Gasteiger partial charge is 0.353 e. The molecule has 1 aliphatic carbocycles. The number of amides is 2. The first kappa shape index (κ1) is 16.5. The van der Waals surface area contributed by atoms with E-state index in [9.17, 15) is 9.59 Å². The standard InChI is InChI=1S/C19H19ClN2O2/c20-16-9-5-4-8-15(16)19(24)22-17(13-6-2-1-3-7-13)12-18(23)21-14-10-11-14/h1-9,14,17H,10-12H2,(H,21,23)(H,22,24). The first-order chi connectivity index (χ1) is 11.6. The van der Waals surface area contributed by atoms with Gasteiger partial charge in [-0.3, -0.25) is 9.59 Å². The van der Waals surface area contributed by atoms with Gasteiger partial charge in [0, 0.05) is 6.04 Å². The second-order valence-electron chi connectivity index (χ2n) is 5.96. The quantitative estimate of drug-likeness (QED) is 0.844. The molecule has 1 unspecified atom stereocenters. The minimum absolute atomic E-state index is 0.0502. The fraction of sp³-hybridized carbons (Fsp3) is 0.263. The van der Waals surface area contributed by atoms with Crippen LogP contribution >= 0.6 is 11.6 Å². The van der Waals surface area contributed by atoms with Crippen LogP contribution in [0.25, 0.3) is 0 Å². The van der Waals surface area contributed by atoms with Crippen molar-refractivity contribution < 1.29 is 9.59 Å². The Morgan fingerprint density at radius 1 is 1.04 bits per heavy atom. The molecule has 1 aliphatic rings. The van der Waals surface area contributed by atoms with Gasteiger partial charge < -0.3 is 10.6 Å². The van der Waals surface area contributed by atoms with E-state index in [1.165, 1.54) is 0 Å². The Morgan fingerprint density at radius 2 is 1.71 bits per heavy atom. The zero-order chi connectivity index (χ0) is 16.9. The third-order valence-electron chi connectivity index (χ3n) is 3.96. The van der Waals surface area contributed by atoms with Crippen molar-refractivity contribution in [3.8, 4) is 0 Å². The molecule has 3 rings (SSSR count). The number of nitrogens with one attached hydrogen (secondary N) is 2. The summed E-state index contributed by atoms with van der Waals surface area (Å²) in [7, 11) is 0. The van der Waals surface area contributed by atoms with Gasteiger partial charge in [-0.25, -0.2) is 0 Å². The molecule has 2 aromatic rings. The van der Waals surface area contributed by atoms with Crippen LogP contribution in [0.5, 0.6) is 0 Å². The predicted molar refractivity (Wildman–Crippen MR) is 93.9 cm³/mol. The summed E-state index contributed by atoms with van der Waals surface area (Å²) in [5.41, 5.74) is 1.30. The molecule has 24 heavy (non-hydrogen) atoms. The van der Waals surface area contributed by atoms with Crippen molar-refractivity contribution >= 4 is 23.4 Å². The van der Waals surface area contributed by atoms with Crippen molar-refractivity contribution in [1.82, 2.24) is 10.6 Å². The Kier molecular flexibility index (Phi) is 5.16. The normalized spacial score (nSPS) is 14.7. The van der Waals surface area contributed by atoms with Gasteiger partial charge in [-0.1, -0.05) is 54.1 Å². The van der Waals surface area contributed by atoms with Crippen LogP contribution in [-0.4, -0.2) is 17.9 Å². The molecule has 0 saturated heterocycles. The number of hydrogen-bond acceptors (Lipinski definition) is 2. The number of halogens is 1. The van der Waals surface area contributed by atoms with E-state index in [1.807, 2.05) is 30.3 Å². The molecule has 0 aromatic heterocycles. The molecule has 0 spiro atoms.